The minimum atomic E-state index is -1.14. The van der Waals surface area contributed by atoms with Crippen LogP contribution in [-0.2, 0) is 20.7 Å². The predicted octanol–water partition coefficient (Wildman–Crippen LogP) is 2.83. The average Bonchev–Trinajstić information content (AvgIpc) is 2.24. The minimum absolute atomic E-state index is 0.178. The molecule has 0 spiro atoms. The summed E-state index contributed by atoms with van der Waals surface area (Å²) in [7, 11) is 0. The van der Waals surface area contributed by atoms with Gasteiger partial charge in [-0.05, 0) is 51.0 Å². The van der Waals surface area contributed by atoms with Gasteiger partial charge in [0.25, 0.3) is 0 Å². The molecule has 4 heteroatoms. The fourth-order valence-corrected chi connectivity index (χ4v) is 2.40. The summed E-state index contributed by atoms with van der Waals surface area (Å²) in [5, 5.41) is 0. The molecule has 1 aromatic carbocycles. The van der Waals surface area contributed by atoms with Gasteiger partial charge in [-0.2, -0.15) is 0 Å². The maximum absolute atomic E-state index is 11.9. The van der Waals surface area contributed by atoms with Crippen LogP contribution in [0.2, 0.25) is 0 Å². The van der Waals surface area contributed by atoms with Crippen molar-refractivity contribution < 1.29 is 14.1 Å². The zero-order valence-corrected chi connectivity index (χ0v) is 12.2. The van der Waals surface area contributed by atoms with Crippen molar-refractivity contribution in [2.24, 2.45) is 0 Å². The van der Waals surface area contributed by atoms with Gasteiger partial charge in [-0.15, -0.1) is 0 Å². The van der Waals surface area contributed by atoms with Gasteiger partial charge in [0.2, 0.25) is 0 Å². The summed E-state index contributed by atoms with van der Waals surface area (Å²) >= 11 is -1.14. The summed E-state index contributed by atoms with van der Waals surface area (Å²) in [5.74, 6) is 0.000733. The lowest BCUT2D eigenvalue weighted by molar-refractivity contribution is -0.154. The molecule has 0 radical (unpaired) electrons. The van der Waals surface area contributed by atoms with Gasteiger partial charge in [0, 0.05) is 0 Å². The lowest BCUT2D eigenvalue weighted by atomic mass is 10.2. The maximum Gasteiger partial charge on any atom is 0.311 e. The molecule has 100 valence electrons. The lowest BCUT2D eigenvalue weighted by Gasteiger charge is -2.19. The highest BCUT2D eigenvalue weighted by atomic mass is 32.2. The van der Waals surface area contributed by atoms with Crippen molar-refractivity contribution in [1.29, 1.82) is 0 Å². The highest BCUT2D eigenvalue weighted by Crippen LogP contribution is 2.14. The van der Waals surface area contributed by atoms with Crippen molar-refractivity contribution in [1.82, 2.24) is 0 Å². The molecule has 0 bridgehead atoms. The fraction of sp³-hybridized carbons (Fsp3) is 0.500. The minimum Gasteiger partial charge on any atom is -0.611 e. The molecule has 1 atom stereocenters. The Labute approximate surface area is 112 Å². The Bertz CT molecular complexity index is 392. The molecule has 0 fully saturated rings. The van der Waals surface area contributed by atoms with Gasteiger partial charge in [-0.3, -0.25) is 4.79 Å². The number of hydrogen-bond acceptors (Lipinski definition) is 3. The molecule has 0 aliphatic rings. The van der Waals surface area contributed by atoms with E-state index in [0.29, 0.717) is 5.75 Å². The number of hydrogen-bond donors (Lipinski definition) is 0. The SMILES string of the molecule is Cc1ccc([S+]([O-])CCC(=O)OC(C)(C)C)cc1. The molecule has 0 saturated carbocycles. The van der Waals surface area contributed by atoms with E-state index < -0.39 is 16.8 Å². The summed E-state index contributed by atoms with van der Waals surface area (Å²) in [6, 6.07) is 7.50. The van der Waals surface area contributed by atoms with Crippen LogP contribution in [0.4, 0.5) is 0 Å². The second-order valence-corrected chi connectivity index (χ2v) is 6.77. The molecule has 1 unspecified atom stereocenters. The third kappa shape index (κ3) is 5.56. The second kappa shape index (κ2) is 6.25. The molecule has 3 nitrogen and oxygen atoms in total. The molecule has 0 heterocycles. The van der Waals surface area contributed by atoms with Crippen molar-refractivity contribution in [2.45, 2.75) is 44.6 Å². The summed E-state index contributed by atoms with van der Waals surface area (Å²) < 4.78 is 17.1. The van der Waals surface area contributed by atoms with Crippen molar-refractivity contribution in [2.75, 3.05) is 5.75 Å². The first kappa shape index (κ1) is 15.1. The van der Waals surface area contributed by atoms with Gasteiger partial charge in [-0.1, -0.05) is 17.7 Å². The van der Waals surface area contributed by atoms with E-state index in [-0.39, 0.29) is 12.4 Å². The highest BCUT2D eigenvalue weighted by molar-refractivity contribution is 7.91. The number of aryl methyl sites for hydroxylation is 1. The van der Waals surface area contributed by atoms with Gasteiger partial charge in [-0.25, -0.2) is 0 Å². The van der Waals surface area contributed by atoms with E-state index in [4.69, 9.17) is 4.74 Å². The van der Waals surface area contributed by atoms with Crippen LogP contribution in [0.1, 0.15) is 32.8 Å². The molecule has 0 aliphatic heterocycles. The van der Waals surface area contributed by atoms with Crippen LogP contribution in [0.3, 0.4) is 0 Å². The normalized spacial score (nSPS) is 13.2. The van der Waals surface area contributed by atoms with E-state index in [0.717, 1.165) is 10.5 Å². The van der Waals surface area contributed by atoms with Crippen LogP contribution >= 0.6 is 0 Å². The molecular weight excluding hydrogens is 248 g/mol. The Balaban J connectivity index is 2.44. The molecular formula is C14H20O3S. The van der Waals surface area contributed by atoms with Crippen LogP contribution in [0, 0.1) is 6.92 Å². The second-order valence-electron chi connectivity index (χ2n) is 5.20. The van der Waals surface area contributed by atoms with Crippen molar-refractivity contribution >= 4 is 17.1 Å². The molecule has 0 saturated heterocycles. The summed E-state index contributed by atoms with van der Waals surface area (Å²) in [6.45, 7) is 7.44. The number of carbonyl (C=O) groups excluding carboxylic acids is 1. The van der Waals surface area contributed by atoms with Gasteiger partial charge < -0.3 is 9.29 Å². The highest BCUT2D eigenvalue weighted by Gasteiger charge is 2.19. The standard InChI is InChI=1S/C14H20O3S/c1-11-5-7-12(8-6-11)18(16)10-9-13(15)17-14(2,3)4/h5-8H,9-10H2,1-4H3. The quantitative estimate of drug-likeness (QED) is 0.623. The van der Waals surface area contributed by atoms with Crippen LogP contribution < -0.4 is 0 Å². The van der Waals surface area contributed by atoms with E-state index in [9.17, 15) is 9.35 Å². The maximum atomic E-state index is 11.9. The Morgan fingerprint density at radius 1 is 1.28 bits per heavy atom. The number of esters is 1. The Morgan fingerprint density at radius 3 is 2.33 bits per heavy atom. The number of benzene rings is 1. The Morgan fingerprint density at radius 2 is 1.83 bits per heavy atom. The first-order chi connectivity index (χ1) is 8.28. The fourth-order valence-electron chi connectivity index (χ4n) is 1.38. The van der Waals surface area contributed by atoms with Gasteiger partial charge in [0.15, 0.2) is 4.90 Å². The average molecular weight is 268 g/mol. The largest absolute Gasteiger partial charge is 0.611 e. The summed E-state index contributed by atoms with van der Waals surface area (Å²) in [6.07, 6.45) is 0.178. The van der Waals surface area contributed by atoms with E-state index in [2.05, 4.69) is 0 Å². The van der Waals surface area contributed by atoms with Gasteiger partial charge >= 0.3 is 5.97 Å². The zero-order chi connectivity index (χ0) is 13.8. The van der Waals surface area contributed by atoms with E-state index >= 15 is 0 Å². The van der Waals surface area contributed by atoms with Gasteiger partial charge in [0.1, 0.15) is 11.4 Å². The van der Waals surface area contributed by atoms with E-state index in [1.807, 2.05) is 52.0 Å². The van der Waals surface area contributed by atoms with E-state index in [1.54, 1.807) is 0 Å². The van der Waals surface area contributed by atoms with Crippen LogP contribution in [0.15, 0.2) is 29.2 Å². The topological polar surface area (TPSA) is 49.4 Å². The molecule has 18 heavy (non-hydrogen) atoms. The smallest absolute Gasteiger partial charge is 0.311 e. The predicted molar refractivity (Wildman–Crippen MR) is 72.9 cm³/mol. The lowest BCUT2D eigenvalue weighted by Crippen LogP contribution is -2.25. The molecule has 0 aliphatic carbocycles. The zero-order valence-electron chi connectivity index (χ0n) is 11.4. The third-order valence-electron chi connectivity index (χ3n) is 2.20. The summed E-state index contributed by atoms with van der Waals surface area (Å²) in [4.78, 5) is 12.2. The molecule has 1 rings (SSSR count). The Hall–Kier alpha value is -1.00. The third-order valence-corrected chi connectivity index (χ3v) is 3.57. The number of rotatable bonds is 4. The first-order valence-electron chi connectivity index (χ1n) is 5.95. The summed E-state index contributed by atoms with van der Waals surface area (Å²) in [5.41, 5.74) is 0.644. The molecule has 0 amide bonds. The molecule has 0 aromatic heterocycles. The van der Waals surface area contributed by atoms with Crippen LogP contribution in [0.25, 0.3) is 0 Å². The molecule has 1 aromatic rings. The van der Waals surface area contributed by atoms with Crippen LogP contribution in [-0.4, -0.2) is 21.9 Å². The molecule has 0 N–H and O–H groups in total. The van der Waals surface area contributed by atoms with Crippen molar-refractivity contribution in [3.05, 3.63) is 29.8 Å². The first-order valence-corrected chi connectivity index (χ1v) is 7.27. The van der Waals surface area contributed by atoms with Crippen molar-refractivity contribution in [3.8, 4) is 0 Å². The van der Waals surface area contributed by atoms with Crippen LogP contribution in [0.5, 0.6) is 0 Å². The number of ether oxygens (including phenoxy) is 1. The Kier molecular flexibility index (Phi) is 5.23. The number of carbonyl (C=O) groups is 1. The van der Waals surface area contributed by atoms with Gasteiger partial charge in [0.05, 0.1) is 6.42 Å². The monoisotopic (exact) mass is 268 g/mol. The van der Waals surface area contributed by atoms with Crippen molar-refractivity contribution in [3.63, 3.8) is 0 Å². The van der Waals surface area contributed by atoms with E-state index in [1.165, 1.54) is 0 Å².